The van der Waals surface area contributed by atoms with Crippen LogP contribution in [0.4, 0.5) is 0 Å². The summed E-state index contributed by atoms with van der Waals surface area (Å²) in [7, 11) is 5.15. The first-order valence-corrected chi connectivity index (χ1v) is 1.65. The highest BCUT2D eigenvalue weighted by molar-refractivity contribution is 6.21. The maximum absolute atomic E-state index is 5.15. The molecule has 0 saturated heterocycles. The summed E-state index contributed by atoms with van der Waals surface area (Å²) < 4.78 is 0. The number of allylic oxidation sites excluding steroid dienone is 2. The second-order valence-corrected chi connectivity index (χ2v) is 1.03. The standard InChI is InChI=1S/C4H7B/c1-3-4(2)5/h3H,1-2H3/b4-3+. The molecule has 0 heterocycles. The van der Waals surface area contributed by atoms with E-state index in [2.05, 4.69) is 0 Å². The van der Waals surface area contributed by atoms with E-state index in [0.717, 1.165) is 5.47 Å². The Morgan fingerprint density at radius 3 is 2.00 bits per heavy atom. The molecule has 0 unspecified atom stereocenters. The van der Waals surface area contributed by atoms with Gasteiger partial charge in [-0.1, -0.05) is 13.0 Å². The second-order valence-electron chi connectivity index (χ2n) is 1.03. The Balaban J connectivity index is 3.14. The minimum atomic E-state index is 0.880. The van der Waals surface area contributed by atoms with Crippen molar-refractivity contribution in [2.45, 2.75) is 13.8 Å². The molecule has 1 heteroatoms. The zero-order valence-electron chi connectivity index (χ0n) is 3.65. The highest BCUT2D eigenvalue weighted by Gasteiger charge is 1.60. The highest BCUT2D eigenvalue weighted by atomic mass is 13.6. The quantitative estimate of drug-likeness (QED) is 0.371. The Labute approximate surface area is 34.3 Å². The summed E-state index contributed by atoms with van der Waals surface area (Å²) in [5.74, 6) is 0. The maximum Gasteiger partial charge on any atom is 0.106 e. The smallest absolute Gasteiger partial charge is 0.106 e. The fourth-order valence-electron chi connectivity index (χ4n) is 0. The van der Waals surface area contributed by atoms with Crippen molar-refractivity contribution in [3.8, 4) is 0 Å². The van der Waals surface area contributed by atoms with E-state index in [1.54, 1.807) is 0 Å². The molecule has 0 rings (SSSR count). The average molecular weight is 65.9 g/mol. The molecule has 2 radical (unpaired) electrons. The van der Waals surface area contributed by atoms with Gasteiger partial charge in [-0.05, 0) is 6.92 Å². The Morgan fingerprint density at radius 2 is 2.00 bits per heavy atom. The van der Waals surface area contributed by atoms with Crippen molar-refractivity contribution in [3.63, 3.8) is 0 Å². The summed E-state index contributed by atoms with van der Waals surface area (Å²) in [6.45, 7) is 3.77. The molecule has 26 valence electrons. The average Bonchev–Trinajstić information content (AvgIpc) is 1.38. The van der Waals surface area contributed by atoms with Crippen LogP contribution in [0.3, 0.4) is 0 Å². The van der Waals surface area contributed by atoms with Gasteiger partial charge < -0.3 is 0 Å². The third-order valence-corrected chi connectivity index (χ3v) is 0.455. The van der Waals surface area contributed by atoms with Gasteiger partial charge in [0.15, 0.2) is 0 Å². The molecule has 0 aromatic carbocycles. The van der Waals surface area contributed by atoms with Crippen LogP contribution < -0.4 is 0 Å². The number of rotatable bonds is 0. The van der Waals surface area contributed by atoms with Gasteiger partial charge in [-0.3, -0.25) is 0 Å². The summed E-state index contributed by atoms with van der Waals surface area (Å²) in [4.78, 5) is 0. The number of hydrogen-bond acceptors (Lipinski definition) is 0. The summed E-state index contributed by atoms with van der Waals surface area (Å²) in [5, 5.41) is 0. The zero-order valence-corrected chi connectivity index (χ0v) is 3.65. The van der Waals surface area contributed by atoms with E-state index in [1.165, 1.54) is 0 Å². The Hall–Kier alpha value is -0.195. The van der Waals surface area contributed by atoms with Crippen LogP contribution in [-0.4, -0.2) is 7.85 Å². The lowest BCUT2D eigenvalue weighted by atomic mass is 9.98. The van der Waals surface area contributed by atoms with E-state index in [4.69, 9.17) is 7.85 Å². The van der Waals surface area contributed by atoms with Crippen LogP contribution >= 0.6 is 0 Å². The Kier molecular flexibility index (Phi) is 1.99. The maximum atomic E-state index is 5.15. The van der Waals surface area contributed by atoms with E-state index in [9.17, 15) is 0 Å². The molecule has 0 atom stereocenters. The third-order valence-electron chi connectivity index (χ3n) is 0.455. The van der Waals surface area contributed by atoms with Crippen LogP contribution in [0, 0.1) is 0 Å². The fraction of sp³-hybridized carbons (Fsp3) is 0.500. The molecule has 0 saturated carbocycles. The molecule has 0 aliphatic carbocycles. The van der Waals surface area contributed by atoms with Crippen LogP contribution in [0.25, 0.3) is 0 Å². The van der Waals surface area contributed by atoms with Crippen molar-refractivity contribution in [3.05, 3.63) is 11.5 Å². The van der Waals surface area contributed by atoms with E-state index in [-0.39, 0.29) is 0 Å². The normalized spacial score (nSPS) is 12.0. The molecule has 0 aliphatic heterocycles. The van der Waals surface area contributed by atoms with Crippen LogP contribution in [0.5, 0.6) is 0 Å². The topological polar surface area (TPSA) is 0 Å². The van der Waals surface area contributed by atoms with Gasteiger partial charge in [0.2, 0.25) is 0 Å². The number of hydrogen-bond donors (Lipinski definition) is 0. The molecular formula is C4H7B. The second kappa shape index (κ2) is 2.07. The van der Waals surface area contributed by atoms with E-state index in [1.807, 2.05) is 19.9 Å². The minimum absolute atomic E-state index is 0.880. The lowest BCUT2D eigenvalue weighted by Crippen LogP contribution is -1.62. The molecular weight excluding hydrogens is 58.9 g/mol. The van der Waals surface area contributed by atoms with Crippen LogP contribution in [0.15, 0.2) is 11.5 Å². The van der Waals surface area contributed by atoms with Gasteiger partial charge in [0, 0.05) is 0 Å². The molecule has 0 amide bonds. The third kappa shape index (κ3) is 3.80. The monoisotopic (exact) mass is 66.1 g/mol. The van der Waals surface area contributed by atoms with Crippen LogP contribution in [0.1, 0.15) is 13.8 Å². The Bertz CT molecular complexity index is 41.6. The first kappa shape index (κ1) is 4.80. The molecule has 0 aliphatic rings. The van der Waals surface area contributed by atoms with Crippen molar-refractivity contribution in [1.82, 2.24) is 0 Å². The van der Waals surface area contributed by atoms with Crippen molar-refractivity contribution >= 4 is 7.85 Å². The van der Waals surface area contributed by atoms with Crippen molar-refractivity contribution in [2.24, 2.45) is 0 Å². The molecule has 5 heavy (non-hydrogen) atoms. The summed E-state index contributed by atoms with van der Waals surface area (Å²) in [6, 6.07) is 0. The molecule has 0 fully saturated rings. The predicted molar refractivity (Wildman–Crippen MR) is 25.2 cm³/mol. The molecule has 0 spiro atoms. The van der Waals surface area contributed by atoms with E-state index in [0.29, 0.717) is 0 Å². The zero-order chi connectivity index (χ0) is 4.28. The van der Waals surface area contributed by atoms with Gasteiger partial charge in [-0.2, -0.15) is 0 Å². The summed E-state index contributed by atoms with van der Waals surface area (Å²) in [6.07, 6.45) is 1.86. The minimum Gasteiger partial charge on any atom is -0.125 e. The molecule has 0 aromatic heterocycles. The molecule has 0 aromatic rings. The van der Waals surface area contributed by atoms with Crippen LogP contribution in [0.2, 0.25) is 0 Å². The van der Waals surface area contributed by atoms with Gasteiger partial charge in [-0.15, -0.1) is 5.47 Å². The van der Waals surface area contributed by atoms with Crippen LogP contribution in [-0.2, 0) is 0 Å². The van der Waals surface area contributed by atoms with Gasteiger partial charge in [0.1, 0.15) is 7.85 Å². The Morgan fingerprint density at radius 1 is 1.80 bits per heavy atom. The van der Waals surface area contributed by atoms with Gasteiger partial charge in [0.25, 0.3) is 0 Å². The summed E-state index contributed by atoms with van der Waals surface area (Å²) in [5.41, 5.74) is 0.880. The lowest BCUT2D eigenvalue weighted by molar-refractivity contribution is 1.59. The fourth-order valence-corrected chi connectivity index (χ4v) is 0. The van der Waals surface area contributed by atoms with E-state index >= 15 is 0 Å². The van der Waals surface area contributed by atoms with Gasteiger partial charge in [-0.25, -0.2) is 0 Å². The SMILES string of the molecule is [B]/C(C)=C/C. The highest BCUT2D eigenvalue weighted by Crippen LogP contribution is 1.76. The largest absolute Gasteiger partial charge is 0.125 e. The first-order chi connectivity index (χ1) is 2.27. The molecule has 0 bridgehead atoms. The van der Waals surface area contributed by atoms with Crippen molar-refractivity contribution in [1.29, 1.82) is 0 Å². The molecule has 0 N–H and O–H groups in total. The van der Waals surface area contributed by atoms with Gasteiger partial charge >= 0.3 is 0 Å². The van der Waals surface area contributed by atoms with E-state index < -0.39 is 0 Å². The predicted octanol–water partition coefficient (Wildman–Crippen LogP) is 1.08. The van der Waals surface area contributed by atoms with Crippen molar-refractivity contribution < 1.29 is 0 Å². The first-order valence-electron chi connectivity index (χ1n) is 1.65. The summed E-state index contributed by atoms with van der Waals surface area (Å²) >= 11 is 0. The lowest BCUT2D eigenvalue weighted by Gasteiger charge is -1.74. The molecule has 0 nitrogen and oxygen atoms in total. The van der Waals surface area contributed by atoms with Gasteiger partial charge in [0.05, 0.1) is 0 Å². The van der Waals surface area contributed by atoms with Crippen molar-refractivity contribution in [2.75, 3.05) is 0 Å².